The van der Waals surface area contributed by atoms with Crippen LogP contribution in [-0.4, -0.2) is 44.7 Å². The van der Waals surface area contributed by atoms with E-state index in [1.165, 1.54) is 0 Å². The topological polar surface area (TPSA) is 69.0 Å². The number of thiazole rings is 1. The van der Waals surface area contributed by atoms with E-state index in [-0.39, 0.29) is 0 Å². The van der Waals surface area contributed by atoms with Crippen molar-refractivity contribution in [1.82, 2.24) is 24.5 Å². The number of rotatable bonds is 5. The minimum Gasteiger partial charge on any atom is -0.478 e. The van der Waals surface area contributed by atoms with E-state index in [4.69, 9.17) is 4.74 Å². The lowest BCUT2D eigenvalue weighted by atomic mass is 9.97. The second-order valence-corrected chi connectivity index (χ2v) is 6.79. The Morgan fingerprint density at radius 1 is 1.20 bits per heavy atom. The molecule has 0 unspecified atom stereocenters. The second kappa shape index (κ2) is 7.18. The highest BCUT2D eigenvalue weighted by atomic mass is 32.1. The van der Waals surface area contributed by atoms with Gasteiger partial charge in [0.15, 0.2) is 5.82 Å². The van der Waals surface area contributed by atoms with E-state index in [9.17, 15) is 0 Å². The van der Waals surface area contributed by atoms with Crippen LogP contribution in [0.2, 0.25) is 0 Å². The highest BCUT2D eigenvalue weighted by Crippen LogP contribution is 2.31. The maximum absolute atomic E-state index is 5.38. The van der Waals surface area contributed by atoms with Crippen molar-refractivity contribution in [1.29, 1.82) is 0 Å². The Bertz CT molecular complexity index is 818. The number of piperidine rings is 1. The summed E-state index contributed by atoms with van der Waals surface area (Å²) in [7, 11) is 1.63. The molecule has 4 rings (SSSR count). The van der Waals surface area contributed by atoms with Gasteiger partial charge in [-0.1, -0.05) is 0 Å². The molecule has 1 fully saturated rings. The third-order valence-corrected chi connectivity index (χ3v) is 5.12. The van der Waals surface area contributed by atoms with Crippen LogP contribution in [0.3, 0.4) is 0 Å². The van der Waals surface area contributed by atoms with E-state index in [1.54, 1.807) is 30.8 Å². The van der Waals surface area contributed by atoms with Crippen molar-refractivity contribution in [2.24, 2.45) is 0 Å². The number of hydrogen-bond acceptors (Lipinski definition) is 7. The molecule has 0 saturated carbocycles. The number of nitrogens with zero attached hydrogens (tertiary/aromatic N) is 6. The van der Waals surface area contributed by atoms with E-state index in [2.05, 4.69) is 34.8 Å². The molecule has 0 aliphatic carbocycles. The van der Waals surface area contributed by atoms with Gasteiger partial charge in [0.1, 0.15) is 5.82 Å². The summed E-state index contributed by atoms with van der Waals surface area (Å²) in [5.41, 5.74) is 2.95. The van der Waals surface area contributed by atoms with Gasteiger partial charge in [-0.2, -0.15) is 0 Å². The van der Waals surface area contributed by atoms with Crippen LogP contribution in [0.25, 0.3) is 0 Å². The smallest absolute Gasteiger partial charge is 0.257 e. The molecule has 25 heavy (non-hydrogen) atoms. The molecule has 8 heteroatoms. The summed E-state index contributed by atoms with van der Waals surface area (Å²) in [5.74, 6) is 2.86. The summed E-state index contributed by atoms with van der Waals surface area (Å²) < 4.78 is 7.58. The van der Waals surface area contributed by atoms with Crippen LogP contribution in [-0.2, 0) is 6.54 Å². The van der Waals surface area contributed by atoms with Crippen molar-refractivity contribution >= 4 is 17.2 Å². The van der Waals surface area contributed by atoms with Crippen molar-refractivity contribution in [3.63, 3.8) is 0 Å². The quantitative estimate of drug-likeness (QED) is 0.700. The maximum atomic E-state index is 5.38. The first kappa shape index (κ1) is 16.0. The first-order valence-corrected chi connectivity index (χ1v) is 9.27. The summed E-state index contributed by atoms with van der Waals surface area (Å²) in [5, 5.41) is 2.08. The molecule has 3 aromatic heterocycles. The first-order chi connectivity index (χ1) is 12.3. The maximum Gasteiger partial charge on any atom is 0.257 e. The summed E-state index contributed by atoms with van der Waals surface area (Å²) >= 11 is 1.62. The molecular weight excluding hydrogens is 336 g/mol. The number of aromatic nitrogens is 5. The average molecular weight is 356 g/mol. The number of hydrogen-bond donors (Lipinski definition) is 0. The van der Waals surface area contributed by atoms with Crippen molar-refractivity contribution < 1.29 is 4.74 Å². The molecule has 0 amide bonds. The summed E-state index contributed by atoms with van der Waals surface area (Å²) in [6, 6.07) is 0. The Morgan fingerprint density at radius 3 is 2.96 bits per heavy atom. The number of methoxy groups -OCH3 is 1. The van der Waals surface area contributed by atoms with Crippen LogP contribution < -0.4 is 9.64 Å². The van der Waals surface area contributed by atoms with Gasteiger partial charge < -0.3 is 14.2 Å². The van der Waals surface area contributed by atoms with Gasteiger partial charge in [0, 0.05) is 49.2 Å². The Balaban J connectivity index is 1.55. The van der Waals surface area contributed by atoms with Crippen LogP contribution in [0.5, 0.6) is 5.88 Å². The lowest BCUT2D eigenvalue weighted by Crippen LogP contribution is -2.36. The monoisotopic (exact) mass is 356 g/mol. The highest BCUT2D eigenvalue weighted by molar-refractivity contribution is 7.07. The lowest BCUT2D eigenvalue weighted by molar-refractivity contribution is 0.390. The van der Waals surface area contributed by atoms with E-state index in [0.29, 0.717) is 11.8 Å². The number of imidazole rings is 1. The Hall–Kier alpha value is -2.48. The zero-order valence-electron chi connectivity index (χ0n) is 14.1. The summed E-state index contributed by atoms with van der Waals surface area (Å²) in [6.45, 7) is 2.59. The summed E-state index contributed by atoms with van der Waals surface area (Å²) in [6.07, 6.45) is 9.50. The van der Waals surface area contributed by atoms with Gasteiger partial charge in [-0.3, -0.25) is 0 Å². The molecule has 1 aliphatic heterocycles. The molecule has 1 atom stereocenters. The second-order valence-electron chi connectivity index (χ2n) is 6.07. The highest BCUT2D eigenvalue weighted by Gasteiger charge is 2.27. The zero-order valence-corrected chi connectivity index (χ0v) is 14.9. The van der Waals surface area contributed by atoms with E-state index < -0.39 is 0 Å². The SMILES string of the molecule is COc1nccnc1N1CCC[C@H](c2nccn2Cc2cscn2)C1. The molecular formula is C17H20N6OS. The molecule has 4 heterocycles. The fourth-order valence-corrected chi connectivity index (χ4v) is 3.91. The van der Waals surface area contributed by atoms with E-state index in [0.717, 1.165) is 49.8 Å². The lowest BCUT2D eigenvalue weighted by Gasteiger charge is -2.33. The molecule has 0 bridgehead atoms. The normalized spacial score (nSPS) is 17.6. The van der Waals surface area contributed by atoms with Crippen LogP contribution in [0.15, 0.2) is 35.7 Å². The van der Waals surface area contributed by atoms with E-state index >= 15 is 0 Å². The molecule has 1 aliphatic rings. The predicted molar refractivity (Wildman–Crippen MR) is 96.2 cm³/mol. The minimum absolute atomic E-state index is 0.356. The molecule has 0 N–H and O–H groups in total. The van der Waals surface area contributed by atoms with Gasteiger partial charge in [0.05, 0.1) is 24.9 Å². The third kappa shape index (κ3) is 3.34. The van der Waals surface area contributed by atoms with Gasteiger partial charge in [-0.15, -0.1) is 11.3 Å². The van der Waals surface area contributed by atoms with Gasteiger partial charge in [-0.25, -0.2) is 19.9 Å². The molecule has 7 nitrogen and oxygen atoms in total. The Labute approximate surface area is 150 Å². The molecule has 0 spiro atoms. The summed E-state index contributed by atoms with van der Waals surface area (Å²) in [4.78, 5) is 20.0. The van der Waals surface area contributed by atoms with Gasteiger partial charge in [0.25, 0.3) is 5.88 Å². The standard InChI is InChI=1S/C17H20N6OS/c1-24-17-16(18-4-5-20-17)22-7-2-3-13(9-22)15-19-6-8-23(15)10-14-11-25-12-21-14/h4-6,8,11-13H,2-3,7,9-10H2,1H3/t13-/m0/s1. The van der Waals surface area contributed by atoms with Crippen molar-refractivity contribution in [3.8, 4) is 5.88 Å². The Kier molecular flexibility index (Phi) is 4.60. The average Bonchev–Trinajstić information content (AvgIpc) is 3.34. The molecule has 0 aromatic carbocycles. The van der Waals surface area contributed by atoms with Crippen LogP contribution in [0.4, 0.5) is 5.82 Å². The number of anilines is 1. The zero-order chi connectivity index (χ0) is 17.1. The van der Waals surface area contributed by atoms with Gasteiger partial charge in [0.2, 0.25) is 0 Å². The van der Waals surface area contributed by atoms with Gasteiger partial charge >= 0.3 is 0 Å². The Morgan fingerprint density at radius 2 is 2.12 bits per heavy atom. The van der Waals surface area contributed by atoms with Crippen LogP contribution >= 0.6 is 11.3 Å². The first-order valence-electron chi connectivity index (χ1n) is 8.33. The molecule has 1 saturated heterocycles. The van der Waals surface area contributed by atoms with Crippen molar-refractivity contribution in [3.05, 3.63) is 47.2 Å². The molecule has 130 valence electrons. The van der Waals surface area contributed by atoms with Crippen LogP contribution in [0, 0.1) is 0 Å². The fraction of sp³-hybridized carbons (Fsp3) is 0.412. The predicted octanol–water partition coefficient (Wildman–Crippen LogP) is 2.57. The fourth-order valence-electron chi connectivity index (χ4n) is 3.36. The molecule has 3 aromatic rings. The largest absolute Gasteiger partial charge is 0.478 e. The van der Waals surface area contributed by atoms with Crippen molar-refractivity contribution in [2.75, 3.05) is 25.1 Å². The third-order valence-electron chi connectivity index (χ3n) is 4.49. The van der Waals surface area contributed by atoms with Crippen LogP contribution in [0.1, 0.15) is 30.3 Å². The van der Waals surface area contributed by atoms with E-state index in [1.807, 2.05) is 17.9 Å². The minimum atomic E-state index is 0.356. The molecule has 0 radical (unpaired) electrons. The number of ether oxygens (including phenoxy) is 1. The van der Waals surface area contributed by atoms with Crippen molar-refractivity contribution in [2.45, 2.75) is 25.3 Å². The van der Waals surface area contributed by atoms with Gasteiger partial charge in [-0.05, 0) is 12.8 Å².